The van der Waals surface area contributed by atoms with Crippen LogP contribution in [0.2, 0.25) is 0 Å². The van der Waals surface area contributed by atoms with Crippen molar-refractivity contribution in [2.45, 2.75) is 0 Å². The molecule has 0 aromatic carbocycles. The third kappa shape index (κ3) is 6.39. The maximum atomic E-state index is 5.50. The van der Waals surface area contributed by atoms with Crippen LogP contribution in [-0.2, 0) is 19.4 Å². The summed E-state index contributed by atoms with van der Waals surface area (Å²) in [6, 6.07) is 0. The summed E-state index contributed by atoms with van der Waals surface area (Å²) < 4.78 is 3.91. The Bertz CT molecular complexity index is 156. The fourth-order valence-electron chi connectivity index (χ4n) is 0.279. The Labute approximate surface area is 80.3 Å². The zero-order valence-electron chi connectivity index (χ0n) is 4.75. The van der Waals surface area contributed by atoms with E-state index in [-0.39, 0.29) is 0 Å². The molecule has 0 amide bonds. The van der Waals surface area contributed by atoms with Crippen LogP contribution in [0.15, 0.2) is 27.9 Å². The standard InChI is InChI=1S/C7H6I.W/c1-3-4-7(2)5-6-8;/h1-6H;/q-1;/b4-3-,6-5+;. The Morgan fingerprint density at radius 3 is 2.56 bits per heavy atom. The minimum absolute atomic E-state index is 0.793. The molecule has 0 N–H and O–H groups in total. The van der Waals surface area contributed by atoms with Gasteiger partial charge in [0.1, 0.15) is 0 Å². The van der Waals surface area contributed by atoms with E-state index in [0.29, 0.717) is 0 Å². The number of allylic oxidation sites excluding steroid dienone is 4. The van der Waals surface area contributed by atoms with Gasteiger partial charge in [-0.15, -0.1) is 0 Å². The summed E-state index contributed by atoms with van der Waals surface area (Å²) >= 11 is 3.57. The fraction of sp³-hybridized carbons (Fsp3) is 0. The molecular weight excluding hydrogens is 395 g/mol. The van der Waals surface area contributed by atoms with Gasteiger partial charge in [-0.2, -0.15) is 0 Å². The van der Waals surface area contributed by atoms with Crippen molar-refractivity contribution < 1.29 is 19.4 Å². The molecule has 48 valence electrons. The van der Waals surface area contributed by atoms with Crippen molar-refractivity contribution in [3.8, 4) is 0 Å². The summed E-state index contributed by atoms with van der Waals surface area (Å²) in [4.78, 5) is 0. The number of hydrogen-bond acceptors (Lipinski definition) is 0. The molecule has 9 heavy (non-hydrogen) atoms. The molecule has 0 nitrogen and oxygen atoms in total. The maximum absolute atomic E-state index is 5.50. The van der Waals surface area contributed by atoms with E-state index < -0.39 is 0 Å². The molecule has 0 fully saturated rings. The van der Waals surface area contributed by atoms with Crippen LogP contribution >= 0.6 is 22.6 Å². The number of hydrogen-bond donors (Lipinski definition) is 0. The summed E-state index contributed by atoms with van der Waals surface area (Å²) in [5, 5.41) is 0. The van der Waals surface area contributed by atoms with E-state index >= 15 is 0 Å². The molecule has 0 aliphatic heterocycles. The second-order valence-electron chi connectivity index (χ2n) is 1.29. The van der Waals surface area contributed by atoms with Gasteiger partial charge in [0.2, 0.25) is 0 Å². The van der Waals surface area contributed by atoms with Gasteiger partial charge in [0.15, 0.2) is 0 Å². The Balaban J connectivity index is 3.76. The molecule has 0 spiro atoms. The van der Waals surface area contributed by atoms with Gasteiger partial charge < -0.3 is 0 Å². The van der Waals surface area contributed by atoms with Crippen molar-refractivity contribution in [1.29, 1.82) is 0 Å². The van der Waals surface area contributed by atoms with Crippen molar-refractivity contribution in [3.05, 3.63) is 34.5 Å². The van der Waals surface area contributed by atoms with Gasteiger partial charge in [0.25, 0.3) is 0 Å². The average molecular weight is 401 g/mol. The topological polar surface area (TPSA) is 0 Å². The van der Waals surface area contributed by atoms with Gasteiger partial charge in [0.05, 0.1) is 0 Å². The van der Waals surface area contributed by atoms with Gasteiger partial charge in [0, 0.05) is 0 Å². The first-order valence-electron chi connectivity index (χ1n) is 2.32. The van der Waals surface area contributed by atoms with Crippen LogP contribution in [0.4, 0.5) is 0 Å². The van der Waals surface area contributed by atoms with Crippen molar-refractivity contribution in [1.82, 2.24) is 0 Å². The van der Waals surface area contributed by atoms with Crippen LogP contribution in [0.25, 0.3) is 0 Å². The van der Waals surface area contributed by atoms with E-state index in [2.05, 4.69) is 22.6 Å². The summed E-state index contributed by atoms with van der Waals surface area (Å²) in [6.45, 7) is 5.50. The molecule has 0 saturated carbocycles. The van der Waals surface area contributed by atoms with Gasteiger partial charge in [-0.3, -0.25) is 0 Å². The molecule has 0 aromatic heterocycles. The van der Waals surface area contributed by atoms with Crippen molar-refractivity contribution in [2.75, 3.05) is 0 Å². The molecule has 2 heteroatoms. The molecule has 0 heterocycles. The van der Waals surface area contributed by atoms with E-state index in [1.54, 1.807) is 0 Å². The first kappa shape index (κ1) is 9.51. The summed E-state index contributed by atoms with van der Waals surface area (Å²) in [5.74, 6) is 0. The molecule has 0 unspecified atom stereocenters. The van der Waals surface area contributed by atoms with Gasteiger partial charge in [-0.1, -0.05) is 0 Å². The zero-order chi connectivity index (χ0) is 7.11. The van der Waals surface area contributed by atoms with Gasteiger partial charge in [-0.25, -0.2) is 0 Å². The second kappa shape index (κ2) is 6.63. The van der Waals surface area contributed by atoms with E-state index in [4.69, 9.17) is 6.58 Å². The van der Waals surface area contributed by atoms with Gasteiger partial charge >= 0.3 is 80.8 Å². The van der Waals surface area contributed by atoms with Gasteiger partial charge in [-0.05, 0) is 0 Å². The first-order chi connectivity index (χ1) is 4.31. The average Bonchev–Trinajstić information content (AvgIpc) is 1.85. The monoisotopic (exact) mass is 401 g/mol. The SMILES string of the molecule is [CH-]=C(/C=C\[CH]=[W])/C=C/I. The minimum atomic E-state index is 0.793. The summed E-state index contributed by atoms with van der Waals surface area (Å²) in [7, 11) is 0. The Kier molecular flexibility index (Phi) is 7.00. The molecule has 0 atom stereocenters. The molecule has 0 rings (SSSR count). The molecule has 0 aromatic rings. The molecule has 0 saturated heterocycles. The van der Waals surface area contributed by atoms with Crippen LogP contribution in [-0.4, -0.2) is 4.40 Å². The Morgan fingerprint density at radius 1 is 1.44 bits per heavy atom. The molecule has 0 aliphatic rings. The van der Waals surface area contributed by atoms with E-state index in [0.717, 1.165) is 5.57 Å². The zero-order valence-corrected chi connectivity index (χ0v) is 9.84. The van der Waals surface area contributed by atoms with Crippen LogP contribution in [0.3, 0.4) is 0 Å². The molecule has 0 bridgehead atoms. The summed E-state index contributed by atoms with van der Waals surface area (Å²) in [5.41, 5.74) is 0.793. The number of rotatable bonds is 3. The quantitative estimate of drug-likeness (QED) is 0.387. The van der Waals surface area contributed by atoms with Crippen LogP contribution in [0.1, 0.15) is 0 Å². The fourth-order valence-corrected chi connectivity index (χ4v) is 0.976. The van der Waals surface area contributed by atoms with Crippen molar-refractivity contribution >= 4 is 27.0 Å². The third-order valence-electron chi connectivity index (χ3n) is 0.623. The van der Waals surface area contributed by atoms with Crippen LogP contribution in [0.5, 0.6) is 0 Å². The van der Waals surface area contributed by atoms with E-state index in [9.17, 15) is 0 Å². The molecular formula is C7H6IW-. The van der Waals surface area contributed by atoms with Crippen LogP contribution < -0.4 is 0 Å². The first-order valence-corrected chi connectivity index (χ1v) is 5.26. The van der Waals surface area contributed by atoms with Crippen LogP contribution in [0, 0.1) is 6.58 Å². The Hall–Kier alpha value is 0.508. The molecule has 0 aliphatic carbocycles. The van der Waals surface area contributed by atoms with Crippen molar-refractivity contribution in [3.63, 3.8) is 0 Å². The van der Waals surface area contributed by atoms with E-state index in [1.165, 1.54) is 19.4 Å². The third-order valence-corrected chi connectivity index (χ3v) is 1.55. The van der Waals surface area contributed by atoms with E-state index in [1.807, 2.05) is 26.7 Å². The second-order valence-corrected chi connectivity index (χ2v) is 2.98. The van der Waals surface area contributed by atoms with Crippen molar-refractivity contribution in [2.24, 2.45) is 0 Å². The predicted octanol–water partition coefficient (Wildman–Crippen LogP) is 2.20. The molecule has 0 radical (unpaired) electrons. The predicted molar refractivity (Wildman–Crippen MR) is 46.2 cm³/mol. The Morgan fingerprint density at radius 2 is 2.11 bits per heavy atom. The summed E-state index contributed by atoms with van der Waals surface area (Å²) in [6.07, 6.45) is 5.68. The normalized spacial score (nSPS) is 10.8. The number of halogens is 1.